The van der Waals surface area contributed by atoms with Crippen molar-refractivity contribution in [2.24, 2.45) is 0 Å². The van der Waals surface area contributed by atoms with Crippen molar-refractivity contribution >= 4 is 17.0 Å². The maximum Gasteiger partial charge on any atom is 0.434 e. The van der Waals surface area contributed by atoms with Crippen LogP contribution >= 0.6 is 0 Å². The number of hydrogen-bond donors (Lipinski definition) is 1. The van der Waals surface area contributed by atoms with Gasteiger partial charge in [0.05, 0.1) is 12.8 Å². The largest absolute Gasteiger partial charge is 0.480 e. The number of anilines is 1. The average molecular weight is 578 g/mol. The third kappa shape index (κ3) is 5.14. The van der Waals surface area contributed by atoms with E-state index in [0.717, 1.165) is 30.3 Å². The number of nitrogens with zero attached hydrogens (tertiary/aromatic N) is 8. The SMILES string of the molecule is COc1ncnc(C2CC2)c1-c1nc(N(C)Cc2ccc(-c3nc(C(F)(F)F)cn3C(C)C)cc2)c2[nH]c(C)nc2n1. The molecular weight excluding hydrogens is 547 g/mol. The molecule has 0 unspecified atom stereocenters. The summed E-state index contributed by atoms with van der Waals surface area (Å²) < 4.78 is 47.2. The fraction of sp³-hybridized carbons (Fsp3) is 0.379. The number of fused-ring (bicyclic) bond motifs is 1. The molecule has 4 aromatic heterocycles. The van der Waals surface area contributed by atoms with Crippen LogP contribution in [0.4, 0.5) is 19.0 Å². The molecule has 1 saturated carbocycles. The van der Waals surface area contributed by atoms with E-state index >= 15 is 0 Å². The minimum atomic E-state index is -4.51. The highest BCUT2D eigenvalue weighted by atomic mass is 19.4. The second kappa shape index (κ2) is 10.4. The van der Waals surface area contributed by atoms with Gasteiger partial charge < -0.3 is 19.2 Å². The summed E-state index contributed by atoms with van der Waals surface area (Å²) in [5.74, 6) is 2.78. The molecule has 0 spiro atoms. The van der Waals surface area contributed by atoms with Gasteiger partial charge in [-0.25, -0.2) is 29.9 Å². The van der Waals surface area contributed by atoms with Gasteiger partial charge in [-0.2, -0.15) is 13.2 Å². The number of benzene rings is 1. The number of alkyl halides is 3. The van der Waals surface area contributed by atoms with Crippen LogP contribution in [0, 0.1) is 6.92 Å². The van der Waals surface area contributed by atoms with Crippen LogP contribution in [0.3, 0.4) is 0 Å². The molecule has 0 bridgehead atoms. The van der Waals surface area contributed by atoms with E-state index in [4.69, 9.17) is 14.7 Å². The molecule has 0 radical (unpaired) electrons. The molecule has 1 N–H and O–H groups in total. The number of halogens is 3. The van der Waals surface area contributed by atoms with Gasteiger partial charge in [0.15, 0.2) is 23.0 Å². The van der Waals surface area contributed by atoms with Gasteiger partial charge in [-0.15, -0.1) is 0 Å². The number of nitrogens with one attached hydrogen (secondary N) is 1. The van der Waals surface area contributed by atoms with Gasteiger partial charge in [0, 0.05) is 37.3 Å². The molecule has 10 nitrogen and oxygen atoms in total. The van der Waals surface area contributed by atoms with Gasteiger partial charge in [-0.05, 0) is 39.2 Å². The number of rotatable bonds is 8. The summed E-state index contributed by atoms with van der Waals surface area (Å²) in [5, 5.41) is 0. The van der Waals surface area contributed by atoms with Crippen LogP contribution in [0.25, 0.3) is 33.9 Å². The van der Waals surface area contributed by atoms with Gasteiger partial charge in [0.1, 0.15) is 29.1 Å². The Labute approximate surface area is 240 Å². The van der Waals surface area contributed by atoms with Crippen LogP contribution in [-0.4, -0.2) is 53.6 Å². The highest BCUT2D eigenvalue weighted by Gasteiger charge is 2.35. The second-order valence-electron chi connectivity index (χ2n) is 10.8. The molecule has 5 aromatic rings. The summed E-state index contributed by atoms with van der Waals surface area (Å²) in [5.41, 5.74) is 3.38. The summed E-state index contributed by atoms with van der Waals surface area (Å²) in [6.45, 7) is 5.98. The lowest BCUT2D eigenvalue weighted by atomic mass is 10.1. The van der Waals surface area contributed by atoms with Crippen LogP contribution in [-0.2, 0) is 12.7 Å². The minimum absolute atomic E-state index is 0.185. The first-order chi connectivity index (χ1) is 20.0. The first kappa shape index (κ1) is 27.6. The first-order valence-corrected chi connectivity index (χ1v) is 13.6. The van der Waals surface area contributed by atoms with E-state index in [-0.39, 0.29) is 11.9 Å². The van der Waals surface area contributed by atoms with Crippen LogP contribution in [0.15, 0.2) is 36.8 Å². The molecule has 42 heavy (non-hydrogen) atoms. The van der Waals surface area contributed by atoms with Crippen molar-refractivity contribution in [2.75, 3.05) is 19.1 Å². The number of aryl methyl sites for hydroxylation is 1. The summed E-state index contributed by atoms with van der Waals surface area (Å²) in [6, 6.07) is 7.17. The molecule has 0 saturated heterocycles. The summed E-state index contributed by atoms with van der Waals surface area (Å²) in [4.78, 5) is 32.3. The lowest BCUT2D eigenvalue weighted by Crippen LogP contribution is -2.19. The van der Waals surface area contributed by atoms with Gasteiger partial charge >= 0.3 is 6.18 Å². The Kier molecular flexibility index (Phi) is 6.82. The highest BCUT2D eigenvalue weighted by Crippen LogP contribution is 2.45. The summed E-state index contributed by atoms with van der Waals surface area (Å²) in [7, 11) is 3.48. The highest BCUT2D eigenvalue weighted by molar-refractivity contribution is 5.86. The number of aromatic amines is 1. The standard InChI is InChI=1S/C29H30F3N9O/c1-15(2)41-13-20(29(30,31)32)37-26(41)19-8-6-17(7-9-19)12-40(4)27-23-25(36-16(3)35-23)38-24(39-27)21-22(18-10-11-18)33-14-34-28(21)42-5/h6-9,13-15,18H,10-12H2,1-5H3,(H,35,36,38,39). The zero-order chi connectivity index (χ0) is 29.8. The zero-order valence-electron chi connectivity index (χ0n) is 23.9. The maximum atomic E-state index is 13.4. The van der Waals surface area contributed by atoms with E-state index in [9.17, 15) is 13.2 Å². The third-order valence-electron chi connectivity index (χ3n) is 7.25. The molecule has 0 aliphatic heterocycles. The van der Waals surface area contributed by atoms with Crippen LogP contribution < -0.4 is 9.64 Å². The lowest BCUT2D eigenvalue weighted by molar-refractivity contribution is -0.140. The zero-order valence-corrected chi connectivity index (χ0v) is 23.9. The fourth-order valence-corrected chi connectivity index (χ4v) is 5.04. The Hall–Kier alpha value is -4.55. The number of H-pyrrole nitrogens is 1. The van der Waals surface area contributed by atoms with Crippen molar-refractivity contribution in [1.29, 1.82) is 0 Å². The van der Waals surface area contributed by atoms with Gasteiger partial charge in [0.25, 0.3) is 0 Å². The van der Waals surface area contributed by atoms with E-state index in [2.05, 4.69) is 24.9 Å². The Balaban J connectivity index is 1.34. The van der Waals surface area contributed by atoms with Gasteiger partial charge in [-0.1, -0.05) is 24.3 Å². The third-order valence-corrected chi connectivity index (χ3v) is 7.25. The topological polar surface area (TPSA) is 111 Å². The smallest absolute Gasteiger partial charge is 0.434 e. The normalized spacial score (nSPS) is 13.7. The Morgan fingerprint density at radius 1 is 1.07 bits per heavy atom. The Morgan fingerprint density at radius 3 is 2.45 bits per heavy atom. The number of hydrogen-bond acceptors (Lipinski definition) is 8. The number of aromatic nitrogens is 8. The predicted octanol–water partition coefficient (Wildman–Crippen LogP) is 6.10. The van der Waals surface area contributed by atoms with E-state index in [1.165, 1.54) is 6.33 Å². The predicted molar refractivity (Wildman–Crippen MR) is 151 cm³/mol. The molecule has 1 fully saturated rings. The average Bonchev–Trinajstić information content (AvgIpc) is 3.57. The molecule has 13 heteroatoms. The number of imidazole rings is 2. The second-order valence-corrected chi connectivity index (χ2v) is 10.8. The Bertz CT molecular complexity index is 1760. The Morgan fingerprint density at radius 2 is 1.81 bits per heavy atom. The molecular formula is C29H30F3N9O. The molecule has 1 aliphatic carbocycles. The monoisotopic (exact) mass is 577 g/mol. The molecule has 218 valence electrons. The summed E-state index contributed by atoms with van der Waals surface area (Å²) >= 11 is 0. The molecule has 6 rings (SSSR count). The fourth-order valence-electron chi connectivity index (χ4n) is 5.04. The van der Waals surface area contributed by atoms with Crippen LogP contribution in [0.5, 0.6) is 5.88 Å². The van der Waals surface area contributed by atoms with Crippen molar-refractivity contribution in [2.45, 2.75) is 58.3 Å². The van der Waals surface area contributed by atoms with Crippen molar-refractivity contribution in [3.05, 3.63) is 59.6 Å². The van der Waals surface area contributed by atoms with Crippen LogP contribution in [0.2, 0.25) is 0 Å². The van der Waals surface area contributed by atoms with Crippen LogP contribution in [0.1, 0.15) is 61.4 Å². The maximum absolute atomic E-state index is 13.4. The first-order valence-electron chi connectivity index (χ1n) is 13.6. The lowest BCUT2D eigenvalue weighted by Gasteiger charge is -2.20. The van der Waals surface area contributed by atoms with E-state index in [1.54, 1.807) is 23.8 Å². The quantitative estimate of drug-likeness (QED) is 0.235. The van der Waals surface area contributed by atoms with Crippen molar-refractivity contribution < 1.29 is 17.9 Å². The molecule has 0 atom stereocenters. The minimum Gasteiger partial charge on any atom is -0.480 e. The molecule has 4 heterocycles. The number of ether oxygens (including phenoxy) is 1. The molecule has 1 aromatic carbocycles. The van der Waals surface area contributed by atoms with Crippen molar-refractivity contribution in [3.63, 3.8) is 0 Å². The molecule has 0 amide bonds. The van der Waals surface area contributed by atoms with Gasteiger partial charge in [0.2, 0.25) is 5.88 Å². The van der Waals surface area contributed by atoms with E-state index < -0.39 is 11.9 Å². The van der Waals surface area contributed by atoms with Crippen molar-refractivity contribution in [3.8, 4) is 28.7 Å². The summed E-state index contributed by atoms with van der Waals surface area (Å²) in [6.07, 6.45) is 0.123. The van der Waals surface area contributed by atoms with E-state index in [0.29, 0.717) is 58.1 Å². The van der Waals surface area contributed by atoms with E-state index in [1.807, 2.05) is 44.9 Å². The van der Waals surface area contributed by atoms with Gasteiger partial charge in [-0.3, -0.25) is 0 Å². The molecule has 1 aliphatic rings. The number of methoxy groups -OCH3 is 1. The van der Waals surface area contributed by atoms with Crippen molar-refractivity contribution in [1.82, 2.24) is 39.5 Å².